The molecule has 0 saturated carbocycles. The van der Waals surface area contributed by atoms with Crippen molar-refractivity contribution in [3.05, 3.63) is 42.2 Å². The summed E-state index contributed by atoms with van der Waals surface area (Å²) in [5, 5.41) is 21.4. The normalized spacial score (nSPS) is 20.0. The molecule has 0 aromatic heterocycles. The van der Waals surface area contributed by atoms with Gasteiger partial charge in [-0.3, -0.25) is 14.9 Å². The number of nitrogens with two attached hydrogens (primary N) is 1. The van der Waals surface area contributed by atoms with E-state index in [0.717, 1.165) is 12.0 Å². The molecule has 10 heteroatoms. The highest BCUT2D eigenvalue weighted by Crippen LogP contribution is 2.37. The van der Waals surface area contributed by atoms with E-state index in [9.17, 15) is 19.5 Å². The van der Waals surface area contributed by atoms with Crippen LogP contribution >= 0.6 is 11.8 Å². The lowest BCUT2D eigenvalue weighted by Crippen LogP contribution is -2.54. The number of aliphatic carboxylic acids is 1. The molecule has 1 fully saturated rings. The summed E-state index contributed by atoms with van der Waals surface area (Å²) in [6.07, 6.45) is 2.05. The number of rotatable bonds is 12. The van der Waals surface area contributed by atoms with Crippen molar-refractivity contribution in [3.8, 4) is 0 Å². The number of thioether (sulfide) groups is 1. The highest BCUT2D eigenvalue weighted by atomic mass is 32.2. The van der Waals surface area contributed by atoms with E-state index in [1.54, 1.807) is 36.0 Å². The smallest absolute Gasteiger partial charge is 0.326 e. The molecule has 2 amide bonds. The monoisotopic (exact) mass is 477 g/mol. The third-order valence-corrected chi connectivity index (χ3v) is 6.65. The second-order valence-electron chi connectivity index (χ2n) is 8.72. The number of anilines is 1. The van der Waals surface area contributed by atoms with Gasteiger partial charge in [0.2, 0.25) is 11.8 Å². The first-order chi connectivity index (χ1) is 15.5. The van der Waals surface area contributed by atoms with Crippen LogP contribution in [0.4, 0.5) is 5.69 Å². The first-order valence-electron chi connectivity index (χ1n) is 11.0. The van der Waals surface area contributed by atoms with Gasteiger partial charge in [0.1, 0.15) is 12.1 Å². The highest BCUT2D eigenvalue weighted by molar-refractivity contribution is 8.01. The van der Waals surface area contributed by atoms with Crippen molar-refractivity contribution < 1.29 is 19.5 Å². The Labute approximate surface area is 199 Å². The Morgan fingerprint density at radius 2 is 1.91 bits per heavy atom. The van der Waals surface area contributed by atoms with Gasteiger partial charge in [-0.15, -0.1) is 11.8 Å². The number of carboxylic acids is 1. The van der Waals surface area contributed by atoms with Crippen LogP contribution in [0, 0.1) is 0 Å². The first kappa shape index (κ1) is 26.5. The lowest BCUT2D eigenvalue weighted by molar-refractivity contribution is -0.142. The standard InChI is InChI=1S/C23H35N5O4S/c1-14(24)25-12-6-5-7-19(29)27-17-10-8-16(9-11-17)13-18(22(31)32)28-21(30)20-23(3,4)33-15(2)26-20/h8-11,15,18,20,25-26H,1,5-7,12-13,24H2,2-4H3,(H,27,29)(H,28,30)(H,31,32). The van der Waals surface area contributed by atoms with Crippen molar-refractivity contribution in [2.75, 3.05) is 11.9 Å². The van der Waals surface area contributed by atoms with Crippen LogP contribution in [0.25, 0.3) is 0 Å². The molecule has 2 rings (SSSR count). The SMILES string of the molecule is C=C(N)NCCCCC(=O)Nc1ccc(CC(NC(=O)C2NC(C)SC2(C)C)C(=O)O)cc1. The number of nitrogens with one attached hydrogen (secondary N) is 4. The van der Waals surface area contributed by atoms with Crippen molar-refractivity contribution in [1.29, 1.82) is 0 Å². The largest absolute Gasteiger partial charge is 0.480 e. The molecule has 182 valence electrons. The van der Waals surface area contributed by atoms with Crippen LogP contribution in [-0.2, 0) is 20.8 Å². The summed E-state index contributed by atoms with van der Waals surface area (Å²) in [7, 11) is 0. The van der Waals surface area contributed by atoms with E-state index in [4.69, 9.17) is 5.73 Å². The lowest BCUT2D eigenvalue weighted by Gasteiger charge is -2.26. The van der Waals surface area contributed by atoms with Crippen LogP contribution in [0.1, 0.15) is 45.6 Å². The van der Waals surface area contributed by atoms with Crippen LogP contribution in [-0.4, -0.2) is 51.6 Å². The summed E-state index contributed by atoms with van der Waals surface area (Å²) in [6.45, 7) is 10.1. The molecule has 1 aromatic carbocycles. The Balaban J connectivity index is 1.86. The summed E-state index contributed by atoms with van der Waals surface area (Å²) >= 11 is 1.65. The summed E-state index contributed by atoms with van der Waals surface area (Å²) in [4.78, 5) is 36.6. The molecular formula is C23H35N5O4S. The number of carboxylic acid groups (broad SMARTS) is 1. The molecule has 3 unspecified atom stereocenters. The summed E-state index contributed by atoms with van der Waals surface area (Å²) in [6, 6.07) is 5.45. The number of hydrogen-bond acceptors (Lipinski definition) is 7. The summed E-state index contributed by atoms with van der Waals surface area (Å²) in [5.41, 5.74) is 6.80. The van der Waals surface area contributed by atoms with Gasteiger partial charge in [0.25, 0.3) is 0 Å². The quantitative estimate of drug-likeness (QED) is 0.250. The molecular weight excluding hydrogens is 442 g/mol. The Morgan fingerprint density at radius 3 is 2.45 bits per heavy atom. The fourth-order valence-corrected chi connectivity index (χ4v) is 5.11. The Kier molecular flexibility index (Phi) is 9.60. The second kappa shape index (κ2) is 11.9. The maximum absolute atomic E-state index is 12.7. The average molecular weight is 478 g/mol. The lowest BCUT2D eigenvalue weighted by atomic mass is 10.0. The fraction of sp³-hybridized carbons (Fsp3) is 0.522. The van der Waals surface area contributed by atoms with E-state index >= 15 is 0 Å². The van der Waals surface area contributed by atoms with Crippen molar-refractivity contribution in [3.63, 3.8) is 0 Å². The van der Waals surface area contributed by atoms with Crippen molar-refractivity contribution in [2.45, 2.75) is 68.7 Å². The van der Waals surface area contributed by atoms with E-state index in [-0.39, 0.29) is 28.4 Å². The summed E-state index contributed by atoms with van der Waals surface area (Å²) in [5.74, 6) is -1.09. The number of carbonyl (C=O) groups excluding carboxylic acids is 2. The molecule has 1 heterocycles. The molecule has 1 saturated heterocycles. The van der Waals surface area contributed by atoms with Gasteiger partial charge in [0.15, 0.2) is 0 Å². The van der Waals surface area contributed by atoms with Crippen molar-refractivity contribution in [1.82, 2.24) is 16.0 Å². The maximum Gasteiger partial charge on any atom is 0.326 e. The van der Waals surface area contributed by atoms with Crippen LogP contribution in [0.3, 0.4) is 0 Å². The van der Waals surface area contributed by atoms with Crippen LogP contribution in [0.15, 0.2) is 36.7 Å². The van der Waals surface area contributed by atoms with Gasteiger partial charge in [-0.05, 0) is 51.3 Å². The topological polar surface area (TPSA) is 146 Å². The number of amides is 2. The van der Waals surface area contributed by atoms with Gasteiger partial charge in [0, 0.05) is 29.8 Å². The zero-order valence-corrected chi connectivity index (χ0v) is 20.3. The van der Waals surface area contributed by atoms with Gasteiger partial charge in [-0.25, -0.2) is 4.79 Å². The minimum Gasteiger partial charge on any atom is -0.480 e. The highest BCUT2D eigenvalue weighted by Gasteiger charge is 2.44. The van der Waals surface area contributed by atoms with Crippen LogP contribution in [0.2, 0.25) is 0 Å². The Hall–Kier alpha value is -2.72. The molecule has 0 bridgehead atoms. The van der Waals surface area contributed by atoms with Gasteiger partial charge >= 0.3 is 5.97 Å². The van der Waals surface area contributed by atoms with Gasteiger partial charge in [-0.1, -0.05) is 18.7 Å². The third-order valence-electron chi connectivity index (χ3n) is 5.31. The molecule has 1 aromatic rings. The van der Waals surface area contributed by atoms with Crippen LogP contribution < -0.4 is 27.0 Å². The predicted molar refractivity (Wildman–Crippen MR) is 132 cm³/mol. The van der Waals surface area contributed by atoms with Gasteiger partial charge in [0.05, 0.1) is 11.2 Å². The van der Waals surface area contributed by atoms with E-state index in [1.807, 2.05) is 20.8 Å². The van der Waals surface area contributed by atoms with Gasteiger partial charge in [-0.2, -0.15) is 0 Å². The molecule has 1 aliphatic heterocycles. The zero-order chi connectivity index (χ0) is 24.6. The predicted octanol–water partition coefficient (Wildman–Crippen LogP) is 1.76. The minimum atomic E-state index is -1.09. The van der Waals surface area contributed by atoms with E-state index < -0.39 is 18.1 Å². The summed E-state index contributed by atoms with van der Waals surface area (Å²) < 4.78 is -0.331. The average Bonchev–Trinajstić information content (AvgIpc) is 3.00. The number of benzene rings is 1. The molecule has 9 nitrogen and oxygen atoms in total. The Bertz CT molecular complexity index is 859. The third kappa shape index (κ3) is 8.62. The molecule has 7 N–H and O–H groups in total. The number of unbranched alkanes of at least 4 members (excludes halogenated alkanes) is 1. The van der Waals surface area contributed by atoms with E-state index in [1.165, 1.54) is 0 Å². The molecule has 0 spiro atoms. The molecule has 0 radical (unpaired) electrons. The van der Waals surface area contributed by atoms with E-state index in [2.05, 4.69) is 27.8 Å². The number of carbonyl (C=O) groups is 3. The van der Waals surface area contributed by atoms with Crippen molar-refractivity contribution >= 4 is 35.2 Å². The molecule has 33 heavy (non-hydrogen) atoms. The zero-order valence-electron chi connectivity index (χ0n) is 19.4. The first-order valence-corrected chi connectivity index (χ1v) is 11.9. The maximum atomic E-state index is 12.7. The number of hydrogen-bond donors (Lipinski definition) is 6. The van der Waals surface area contributed by atoms with E-state index in [0.29, 0.717) is 30.9 Å². The van der Waals surface area contributed by atoms with Crippen molar-refractivity contribution in [2.24, 2.45) is 5.73 Å². The Morgan fingerprint density at radius 1 is 1.24 bits per heavy atom. The fourth-order valence-electron chi connectivity index (χ4n) is 3.68. The minimum absolute atomic E-state index is 0.0937. The van der Waals surface area contributed by atoms with Crippen LogP contribution in [0.5, 0.6) is 0 Å². The molecule has 0 aliphatic carbocycles. The second-order valence-corrected chi connectivity index (χ2v) is 10.7. The van der Waals surface area contributed by atoms with Gasteiger partial charge < -0.3 is 26.8 Å². The molecule has 3 atom stereocenters. The molecule has 1 aliphatic rings.